The Morgan fingerprint density at radius 2 is 1.74 bits per heavy atom. The molecule has 0 aliphatic carbocycles. The number of carbonyl (C=O) groups is 1. The van der Waals surface area contributed by atoms with Crippen LogP contribution < -0.4 is 24.4 Å². The van der Waals surface area contributed by atoms with Gasteiger partial charge in [0.05, 0.1) is 35.6 Å². The van der Waals surface area contributed by atoms with Gasteiger partial charge in [-0.25, -0.2) is 9.79 Å². The van der Waals surface area contributed by atoms with Crippen molar-refractivity contribution >= 4 is 52.3 Å². The van der Waals surface area contributed by atoms with Gasteiger partial charge in [-0.1, -0.05) is 95.2 Å². The number of thiazole rings is 1. The summed E-state index contributed by atoms with van der Waals surface area (Å²) in [4.78, 5) is 33.2. The van der Waals surface area contributed by atoms with Gasteiger partial charge in [0.1, 0.15) is 18.1 Å². The first kappa shape index (κ1) is 31.4. The maximum atomic E-state index is 14.2. The smallest absolute Gasteiger partial charge is 0.338 e. The molecule has 0 fully saturated rings. The Kier molecular flexibility index (Phi) is 9.40. The van der Waals surface area contributed by atoms with Gasteiger partial charge < -0.3 is 14.2 Å². The molecule has 232 valence electrons. The fourth-order valence-electron chi connectivity index (χ4n) is 5.21. The summed E-state index contributed by atoms with van der Waals surface area (Å²) in [7, 11) is 1.57. The molecule has 0 saturated heterocycles. The summed E-state index contributed by atoms with van der Waals surface area (Å²) in [6.45, 7) is 2.17. The minimum absolute atomic E-state index is 0.169. The second-order valence-corrected chi connectivity index (χ2v) is 12.2. The number of fused-ring (bicyclic) bond motifs is 1. The quantitative estimate of drug-likeness (QED) is 0.161. The van der Waals surface area contributed by atoms with Gasteiger partial charge in [0.15, 0.2) is 4.80 Å². The van der Waals surface area contributed by atoms with Gasteiger partial charge in [0.25, 0.3) is 5.56 Å². The highest BCUT2D eigenvalue weighted by molar-refractivity contribution is 7.07. The largest absolute Gasteiger partial charge is 0.497 e. The van der Waals surface area contributed by atoms with Gasteiger partial charge in [0.2, 0.25) is 0 Å². The number of benzene rings is 4. The topological polar surface area (TPSA) is 79.1 Å². The molecule has 46 heavy (non-hydrogen) atoms. The van der Waals surface area contributed by atoms with Gasteiger partial charge >= 0.3 is 5.97 Å². The summed E-state index contributed by atoms with van der Waals surface area (Å²) < 4.78 is 19.1. The van der Waals surface area contributed by atoms with E-state index in [9.17, 15) is 9.59 Å². The summed E-state index contributed by atoms with van der Waals surface area (Å²) >= 11 is 13.6. The van der Waals surface area contributed by atoms with Crippen molar-refractivity contribution < 1.29 is 19.0 Å². The van der Waals surface area contributed by atoms with Gasteiger partial charge in [-0.15, -0.1) is 0 Å². The number of aromatic nitrogens is 1. The van der Waals surface area contributed by atoms with Crippen LogP contribution >= 0.6 is 34.5 Å². The third kappa shape index (κ3) is 6.51. The van der Waals surface area contributed by atoms with Crippen molar-refractivity contribution in [3.63, 3.8) is 0 Å². The molecule has 0 amide bonds. The molecule has 1 aromatic heterocycles. The van der Waals surface area contributed by atoms with Gasteiger partial charge in [-0.05, 0) is 60.5 Å². The number of hydrogen-bond donors (Lipinski definition) is 0. The lowest BCUT2D eigenvalue weighted by atomic mass is 9.93. The summed E-state index contributed by atoms with van der Waals surface area (Å²) in [6, 6.07) is 28.6. The summed E-state index contributed by atoms with van der Waals surface area (Å²) in [5.74, 6) is 0.661. The van der Waals surface area contributed by atoms with Crippen molar-refractivity contribution in [3.05, 3.63) is 155 Å². The average molecular weight is 672 g/mol. The van der Waals surface area contributed by atoms with Crippen LogP contribution in [0.4, 0.5) is 0 Å². The number of ether oxygens (including phenoxy) is 3. The van der Waals surface area contributed by atoms with Gasteiger partial charge in [0, 0.05) is 21.2 Å². The van der Waals surface area contributed by atoms with Crippen molar-refractivity contribution in [2.75, 3.05) is 13.7 Å². The second-order valence-electron chi connectivity index (χ2n) is 10.3. The monoisotopic (exact) mass is 670 g/mol. The van der Waals surface area contributed by atoms with Crippen LogP contribution in [0.5, 0.6) is 11.5 Å². The third-order valence-corrected chi connectivity index (χ3v) is 8.92. The molecule has 0 radical (unpaired) electrons. The SMILES string of the molecule is CCOC(=O)C1=C(c2ccccc2)N=c2s/c(=C\c3cccc(OCc4ccc(Cl)cc4Cl)c3)c(=O)n2[C@H]1c1cccc(OC)c1. The maximum Gasteiger partial charge on any atom is 0.338 e. The summed E-state index contributed by atoms with van der Waals surface area (Å²) in [6.07, 6.45) is 1.80. The molecular weight excluding hydrogens is 643 g/mol. The lowest BCUT2D eigenvalue weighted by Gasteiger charge is -2.26. The zero-order valence-electron chi connectivity index (χ0n) is 24.9. The van der Waals surface area contributed by atoms with Crippen molar-refractivity contribution in [2.24, 2.45) is 4.99 Å². The van der Waals surface area contributed by atoms with E-state index in [0.717, 1.165) is 16.7 Å². The first-order chi connectivity index (χ1) is 22.4. The van der Waals surface area contributed by atoms with E-state index in [-0.39, 0.29) is 24.3 Å². The molecule has 10 heteroatoms. The lowest BCUT2D eigenvalue weighted by Crippen LogP contribution is -2.40. The second kappa shape index (κ2) is 13.8. The highest BCUT2D eigenvalue weighted by atomic mass is 35.5. The third-order valence-electron chi connectivity index (χ3n) is 7.35. The van der Waals surface area contributed by atoms with Crippen molar-refractivity contribution in [1.29, 1.82) is 0 Å². The number of halogens is 2. The number of esters is 1. The van der Waals surface area contributed by atoms with Crippen LogP contribution in [0.15, 0.2) is 112 Å². The average Bonchev–Trinajstić information content (AvgIpc) is 3.38. The molecule has 0 N–H and O–H groups in total. The Labute approximate surface area is 279 Å². The summed E-state index contributed by atoms with van der Waals surface area (Å²) in [5.41, 5.74) is 3.43. The normalized spacial score (nSPS) is 14.4. The molecule has 4 aromatic carbocycles. The highest BCUT2D eigenvalue weighted by Gasteiger charge is 2.35. The van der Waals surface area contributed by atoms with Crippen LogP contribution in [-0.2, 0) is 16.1 Å². The van der Waals surface area contributed by atoms with Crippen molar-refractivity contribution in [1.82, 2.24) is 4.57 Å². The standard InChI is InChI=1S/C36H28Cl2N2O5S/c1-3-44-35(42)31-32(23-10-5-4-6-11-23)39-36-40(33(31)24-12-8-13-27(19-24)43-2)34(41)30(46-36)18-22-9-7-14-28(17-22)45-21-25-15-16-26(37)20-29(25)38/h4-20,33H,3,21H2,1-2H3/b30-18-/t33-/m0/s1. The van der Waals surface area contributed by atoms with Crippen LogP contribution in [0, 0.1) is 0 Å². The molecule has 2 heterocycles. The van der Waals surface area contributed by atoms with Crippen molar-refractivity contribution in [2.45, 2.75) is 19.6 Å². The maximum absolute atomic E-state index is 14.2. The Morgan fingerprint density at radius 1 is 0.957 bits per heavy atom. The van der Waals surface area contributed by atoms with Gasteiger partial charge in [-0.2, -0.15) is 0 Å². The first-order valence-corrected chi connectivity index (χ1v) is 16.0. The van der Waals surface area contributed by atoms with Crippen LogP contribution in [0.3, 0.4) is 0 Å². The summed E-state index contributed by atoms with van der Waals surface area (Å²) in [5, 5.41) is 1.07. The molecule has 7 nitrogen and oxygen atoms in total. The number of carbonyl (C=O) groups excluding carboxylic acids is 1. The van der Waals surface area contributed by atoms with E-state index in [2.05, 4.69) is 0 Å². The molecule has 0 spiro atoms. The van der Waals surface area contributed by atoms with Crippen LogP contribution in [0.2, 0.25) is 10.0 Å². The van der Waals surface area contributed by atoms with E-state index < -0.39 is 12.0 Å². The van der Waals surface area contributed by atoms with E-state index in [1.165, 1.54) is 11.3 Å². The van der Waals surface area contributed by atoms with Crippen LogP contribution in [-0.4, -0.2) is 24.3 Å². The Balaban J connectivity index is 1.47. The lowest BCUT2D eigenvalue weighted by molar-refractivity contribution is -0.138. The molecule has 1 atom stereocenters. The minimum atomic E-state index is -0.804. The fourth-order valence-corrected chi connectivity index (χ4v) is 6.68. The molecule has 1 aliphatic rings. The molecule has 6 rings (SSSR count). The number of hydrogen-bond acceptors (Lipinski definition) is 7. The molecular formula is C36H28Cl2N2O5S. The Bertz CT molecular complexity index is 2140. The number of nitrogens with zero attached hydrogens (tertiary/aromatic N) is 2. The molecule has 5 aromatic rings. The van der Waals surface area contributed by atoms with Crippen molar-refractivity contribution in [3.8, 4) is 11.5 Å². The van der Waals surface area contributed by atoms with E-state index in [1.807, 2.05) is 84.9 Å². The minimum Gasteiger partial charge on any atom is -0.497 e. The van der Waals surface area contributed by atoms with E-state index >= 15 is 0 Å². The molecule has 0 saturated carbocycles. The molecule has 0 bridgehead atoms. The van der Waals surface area contributed by atoms with E-state index in [0.29, 0.717) is 42.1 Å². The molecule has 1 aliphatic heterocycles. The fraction of sp³-hybridized carbons (Fsp3) is 0.139. The Morgan fingerprint density at radius 3 is 2.50 bits per heavy atom. The van der Waals surface area contributed by atoms with E-state index in [4.69, 9.17) is 42.4 Å². The Hall–Kier alpha value is -4.63. The van der Waals surface area contributed by atoms with Crippen LogP contribution in [0.25, 0.3) is 11.8 Å². The molecule has 0 unspecified atom stereocenters. The number of rotatable bonds is 9. The highest BCUT2D eigenvalue weighted by Crippen LogP contribution is 2.36. The van der Waals surface area contributed by atoms with Crippen LogP contribution in [0.1, 0.15) is 35.2 Å². The predicted octanol–water partition coefficient (Wildman–Crippen LogP) is 6.83. The van der Waals surface area contributed by atoms with Gasteiger partial charge in [-0.3, -0.25) is 9.36 Å². The number of methoxy groups -OCH3 is 1. The zero-order valence-corrected chi connectivity index (χ0v) is 27.2. The zero-order chi connectivity index (χ0) is 32.2. The first-order valence-electron chi connectivity index (χ1n) is 14.5. The predicted molar refractivity (Wildman–Crippen MR) is 181 cm³/mol. The van der Waals surface area contributed by atoms with E-state index in [1.54, 1.807) is 36.8 Å².